The maximum Gasteiger partial charge on any atom is 0.0946 e. The molecule has 2 unspecified atom stereocenters. The Kier molecular flexibility index (Phi) is 6.44. The molecule has 1 N–H and O–H groups in total. The molecule has 2 aliphatic rings. The van der Waals surface area contributed by atoms with Crippen molar-refractivity contribution in [1.82, 2.24) is 5.32 Å². The molecule has 3 rings (SSSR count). The van der Waals surface area contributed by atoms with Crippen LogP contribution in [-0.4, -0.2) is 25.8 Å². The molecule has 1 aromatic carbocycles. The fraction of sp³-hybridized carbons (Fsp3) is 0.368. The van der Waals surface area contributed by atoms with Crippen LogP contribution in [0.3, 0.4) is 0 Å². The van der Waals surface area contributed by atoms with Crippen LogP contribution >= 0.6 is 12.4 Å². The van der Waals surface area contributed by atoms with Crippen LogP contribution in [0.1, 0.15) is 12.5 Å². The summed E-state index contributed by atoms with van der Waals surface area (Å²) < 4.78 is 6.01. The zero-order valence-corrected chi connectivity index (χ0v) is 13.8. The lowest BCUT2D eigenvalue weighted by Crippen LogP contribution is -2.21. The van der Waals surface area contributed by atoms with Gasteiger partial charge in [-0.1, -0.05) is 55.5 Å². The van der Waals surface area contributed by atoms with Gasteiger partial charge in [-0.15, -0.1) is 12.4 Å². The highest BCUT2D eigenvalue weighted by Crippen LogP contribution is 2.27. The highest BCUT2D eigenvalue weighted by molar-refractivity contribution is 5.85. The van der Waals surface area contributed by atoms with Crippen LogP contribution in [0, 0.1) is 5.92 Å². The minimum Gasteiger partial charge on any atom is -0.370 e. The zero-order valence-electron chi connectivity index (χ0n) is 13.0. The molecule has 1 aliphatic carbocycles. The van der Waals surface area contributed by atoms with Gasteiger partial charge in [0.25, 0.3) is 0 Å². The lowest BCUT2D eigenvalue weighted by molar-refractivity contribution is 0.117. The van der Waals surface area contributed by atoms with Crippen LogP contribution < -0.4 is 5.32 Å². The first-order valence-electron chi connectivity index (χ1n) is 7.79. The lowest BCUT2D eigenvalue weighted by Gasteiger charge is -2.22. The van der Waals surface area contributed by atoms with Crippen LogP contribution in [0.5, 0.6) is 0 Å². The molecule has 3 heteroatoms. The Morgan fingerprint density at radius 1 is 1.23 bits per heavy atom. The van der Waals surface area contributed by atoms with Gasteiger partial charge in [0.15, 0.2) is 0 Å². The molecule has 2 atom stereocenters. The lowest BCUT2D eigenvalue weighted by atomic mass is 9.89. The summed E-state index contributed by atoms with van der Waals surface area (Å²) in [6.45, 7) is 5.03. The van der Waals surface area contributed by atoms with E-state index in [0.717, 1.165) is 26.1 Å². The Morgan fingerprint density at radius 3 is 2.86 bits per heavy atom. The third-order valence-electron chi connectivity index (χ3n) is 4.13. The van der Waals surface area contributed by atoms with Crippen molar-refractivity contribution < 1.29 is 4.74 Å². The first-order valence-corrected chi connectivity index (χ1v) is 7.79. The third kappa shape index (κ3) is 4.33. The summed E-state index contributed by atoms with van der Waals surface area (Å²) in [4.78, 5) is 0. The van der Waals surface area contributed by atoms with Gasteiger partial charge >= 0.3 is 0 Å². The second-order valence-electron chi connectivity index (χ2n) is 5.77. The molecule has 0 fully saturated rings. The Hall–Kier alpha value is -1.35. The summed E-state index contributed by atoms with van der Waals surface area (Å²) in [5.41, 5.74) is 4.11. The first-order chi connectivity index (χ1) is 10.3. The summed E-state index contributed by atoms with van der Waals surface area (Å²) in [5.74, 6) is 0.545. The van der Waals surface area contributed by atoms with E-state index in [0.29, 0.717) is 5.92 Å². The molecule has 0 amide bonds. The Morgan fingerprint density at radius 2 is 2.05 bits per heavy atom. The topological polar surface area (TPSA) is 21.3 Å². The number of hydrogen-bond donors (Lipinski definition) is 1. The van der Waals surface area contributed by atoms with Crippen LogP contribution in [0.4, 0.5) is 0 Å². The van der Waals surface area contributed by atoms with Gasteiger partial charge in [-0.3, -0.25) is 0 Å². The third-order valence-corrected chi connectivity index (χ3v) is 4.13. The van der Waals surface area contributed by atoms with Crippen molar-refractivity contribution in [3.63, 3.8) is 0 Å². The number of ether oxygens (including phenoxy) is 1. The molecule has 0 radical (unpaired) electrons. The van der Waals surface area contributed by atoms with Crippen LogP contribution in [-0.2, 0) is 11.2 Å². The standard InChI is InChI=1S/C19H23NO.ClH/c1-15-14-20-11-9-17-7-8-18(13-19(15)17)21-12-10-16-5-3-2-4-6-16;/h2-9,13,15,18,20H,10-12,14H2,1H3;1H. The minimum atomic E-state index is 0. The van der Waals surface area contributed by atoms with Gasteiger partial charge < -0.3 is 10.1 Å². The number of allylic oxidation sites excluding steroid dienone is 2. The number of halogens is 1. The van der Waals surface area contributed by atoms with E-state index in [2.05, 4.69) is 60.8 Å². The quantitative estimate of drug-likeness (QED) is 0.914. The van der Waals surface area contributed by atoms with Crippen molar-refractivity contribution >= 4 is 12.4 Å². The molecule has 0 saturated carbocycles. The van der Waals surface area contributed by atoms with Crippen molar-refractivity contribution in [2.75, 3.05) is 19.7 Å². The molecule has 1 aromatic rings. The molecule has 0 spiro atoms. The van der Waals surface area contributed by atoms with Gasteiger partial charge in [0, 0.05) is 13.1 Å². The number of nitrogens with one attached hydrogen (secondary N) is 1. The van der Waals surface area contributed by atoms with E-state index in [1.54, 1.807) is 0 Å². The highest BCUT2D eigenvalue weighted by Gasteiger charge is 2.19. The van der Waals surface area contributed by atoms with Crippen molar-refractivity contribution in [2.24, 2.45) is 5.92 Å². The molecule has 118 valence electrons. The predicted molar refractivity (Wildman–Crippen MR) is 94.5 cm³/mol. The summed E-state index contributed by atoms with van der Waals surface area (Å²) in [7, 11) is 0. The molecule has 1 aliphatic heterocycles. The van der Waals surface area contributed by atoms with E-state index < -0.39 is 0 Å². The summed E-state index contributed by atoms with van der Waals surface area (Å²) in [6, 6.07) is 10.5. The molecule has 0 aromatic heterocycles. The summed E-state index contributed by atoms with van der Waals surface area (Å²) in [6.07, 6.45) is 10.0. The van der Waals surface area contributed by atoms with Gasteiger partial charge in [-0.2, -0.15) is 0 Å². The predicted octanol–water partition coefficient (Wildman–Crippen LogP) is 3.70. The largest absolute Gasteiger partial charge is 0.370 e. The Labute approximate surface area is 139 Å². The van der Waals surface area contributed by atoms with E-state index in [1.807, 2.05) is 6.07 Å². The van der Waals surface area contributed by atoms with Crippen LogP contribution in [0.15, 0.2) is 65.8 Å². The monoisotopic (exact) mass is 317 g/mol. The fourth-order valence-electron chi connectivity index (χ4n) is 2.91. The Balaban J connectivity index is 0.00000176. The van der Waals surface area contributed by atoms with Gasteiger partial charge in [-0.05, 0) is 35.1 Å². The molecule has 22 heavy (non-hydrogen) atoms. The SMILES string of the molecule is CC1CNCC=C2C=CC(OCCc3ccccc3)C=C21.Cl. The Bertz CT molecular complexity index is 562. The number of benzene rings is 1. The van der Waals surface area contributed by atoms with Crippen molar-refractivity contribution in [3.8, 4) is 0 Å². The smallest absolute Gasteiger partial charge is 0.0946 e. The van der Waals surface area contributed by atoms with Crippen molar-refractivity contribution in [2.45, 2.75) is 19.4 Å². The van der Waals surface area contributed by atoms with E-state index in [-0.39, 0.29) is 18.5 Å². The maximum atomic E-state index is 6.01. The summed E-state index contributed by atoms with van der Waals surface area (Å²) in [5, 5.41) is 3.44. The molecule has 0 bridgehead atoms. The maximum absolute atomic E-state index is 6.01. The van der Waals surface area contributed by atoms with E-state index in [9.17, 15) is 0 Å². The fourth-order valence-corrected chi connectivity index (χ4v) is 2.91. The average molecular weight is 318 g/mol. The molecule has 0 saturated heterocycles. The van der Waals surface area contributed by atoms with E-state index in [4.69, 9.17) is 4.74 Å². The number of hydrogen-bond acceptors (Lipinski definition) is 2. The van der Waals surface area contributed by atoms with Gasteiger partial charge in [0.2, 0.25) is 0 Å². The molecular weight excluding hydrogens is 294 g/mol. The normalized spacial score (nSPS) is 23.7. The number of rotatable bonds is 4. The van der Waals surface area contributed by atoms with E-state index >= 15 is 0 Å². The van der Waals surface area contributed by atoms with E-state index in [1.165, 1.54) is 16.7 Å². The number of fused-ring (bicyclic) bond motifs is 1. The van der Waals surface area contributed by atoms with Crippen LogP contribution in [0.25, 0.3) is 0 Å². The minimum absolute atomic E-state index is 0. The first kappa shape index (κ1) is 17.0. The highest BCUT2D eigenvalue weighted by atomic mass is 35.5. The molecule has 2 nitrogen and oxygen atoms in total. The van der Waals surface area contributed by atoms with Crippen molar-refractivity contribution in [3.05, 3.63) is 71.3 Å². The molecular formula is C19H24ClNO. The second kappa shape index (κ2) is 8.33. The van der Waals surface area contributed by atoms with Crippen LogP contribution in [0.2, 0.25) is 0 Å². The van der Waals surface area contributed by atoms with Gasteiger partial charge in [0.05, 0.1) is 12.7 Å². The zero-order chi connectivity index (χ0) is 14.5. The van der Waals surface area contributed by atoms with Gasteiger partial charge in [0.1, 0.15) is 0 Å². The average Bonchev–Trinajstić information content (AvgIpc) is 2.70. The molecule has 1 heterocycles. The summed E-state index contributed by atoms with van der Waals surface area (Å²) >= 11 is 0. The van der Waals surface area contributed by atoms with Gasteiger partial charge in [-0.25, -0.2) is 0 Å². The van der Waals surface area contributed by atoms with Crippen molar-refractivity contribution in [1.29, 1.82) is 0 Å². The second-order valence-corrected chi connectivity index (χ2v) is 5.77.